The molecule has 0 saturated heterocycles. The summed E-state index contributed by atoms with van der Waals surface area (Å²) in [6.45, 7) is 3.64. The molecule has 1 amide bonds. The van der Waals surface area contributed by atoms with Crippen molar-refractivity contribution in [3.63, 3.8) is 0 Å². The van der Waals surface area contributed by atoms with E-state index in [0.717, 1.165) is 31.4 Å². The first kappa shape index (κ1) is 19.1. The zero-order valence-corrected chi connectivity index (χ0v) is 14.3. The molecule has 0 saturated carbocycles. The number of ether oxygens (including phenoxy) is 3. The van der Waals surface area contributed by atoms with E-state index in [1.807, 2.05) is 6.92 Å². The maximum Gasteiger partial charge on any atom is 0.219 e. The second kappa shape index (κ2) is 10.7. The van der Waals surface area contributed by atoms with E-state index in [0.29, 0.717) is 36.8 Å². The number of nitrogens with one attached hydrogen (secondary N) is 1. The Labute approximate surface area is 138 Å². The van der Waals surface area contributed by atoms with Gasteiger partial charge in [-0.3, -0.25) is 4.79 Å². The lowest BCUT2D eigenvalue weighted by Crippen LogP contribution is -2.23. The van der Waals surface area contributed by atoms with Crippen molar-refractivity contribution in [2.24, 2.45) is 5.73 Å². The van der Waals surface area contributed by atoms with Crippen LogP contribution in [-0.4, -0.2) is 33.3 Å². The van der Waals surface area contributed by atoms with Gasteiger partial charge in [0.25, 0.3) is 0 Å². The SMILES string of the molecule is CCCNC(=O)CCCCOc1cc(OC)c(CN)c(OC)c1. The predicted molar refractivity (Wildman–Crippen MR) is 90.1 cm³/mol. The van der Waals surface area contributed by atoms with Crippen LogP contribution in [0.3, 0.4) is 0 Å². The third kappa shape index (κ3) is 6.36. The van der Waals surface area contributed by atoms with Crippen molar-refractivity contribution < 1.29 is 19.0 Å². The van der Waals surface area contributed by atoms with Crippen LogP contribution in [0.2, 0.25) is 0 Å². The fourth-order valence-corrected chi connectivity index (χ4v) is 2.17. The molecule has 0 aliphatic rings. The molecular weight excluding hydrogens is 296 g/mol. The number of hydrogen-bond donors (Lipinski definition) is 2. The molecule has 1 aromatic rings. The lowest BCUT2D eigenvalue weighted by molar-refractivity contribution is -0.121. The summed E-state index contributed by atoms with van der Waals surface area (Å²) in [5.74, 6) is 2.08. The third-order valence-electron chi connectivity index (χ3n) is 3.42. The molecule has 3 N–H and O–H groups in total. The first-order valence-electron chi connectivity index (χ1n) is 8.00. The maximum absolute atomic E-state index is 11.5. The van der Waals surface area contributed by atoms with Crippen molar-refractivity contribution in [1.82, 2.24) is 5.32 Å². The lowest BCUT2D eigenvalue weighted by Gasteiger charge is -2.14. The van der Waals surface area contributed by atoms with Crippen LogP contribution in [-0.2, 0) is 11.3 Å². The summed E-state index contributed by atoms with van der Waals surface area (Å²) in [7, 11) is 3.18. The largest absolute Gasteiger partial charge is 0.496 e. The standard InChI is InChI=1S/C17H28N2O4/c1-4-8-19-17(20)7-5-6-9-23-13-10-15(21-2)14(12-18)16(11-13)22-3/h10-11H,4-9,12,18H2,1-3H3,(H,19,20). The summed E-state index contributed by atoms with van der Waals surface area (Å²) in [6.07, 6.45) is 3.09. The molecule has 0 aliphatic heterocycles. The van der Waals surface area contributed by atoms with Crippen LogP contribution in [0, 0.1) is 0 Å². The van der Waals surface area contributed by atoms with Crippen LogP contribution in [0.15, 0.2) is 12.1 Å². The highest BCUT2D eigenvalue weighted by Gasteiger charge is 2.11. The molecule has 0 fully saturated rings. The van der Waals surface area contributed by atoms with Gasteiger partial charge in [-0.15, -0.1) is 0 Å². The number of benzene rings is 1. The van der Waals surface area contributed by atoms with E-state index in [9.17, 15) is 4.79 Å². The van der Waals surface area contributed by atoms with E-state index in [1.54, 1.807) is 26.4 Å². The minimum absolute atomic E-state index is 0.0995. The van der Waals surface area contributed by atoms with Gasteiger partial charge < -0.3 is 25.3 Å². The molecule has 0 unspecified atom stereocenters. The van der Waals surface area contributed by atoms with Crippen LogP contribution in [0.25, 0.3) is 0 Å². The molecule has 0 atom stereocenters. The Morgan fingerprint density at radius 2 is 1.83 bits per heavy atom. The van der Waals surface area contributed by atoms with Gasteiger partial charge in [0.05, 0.1) is 20.8 Å². The van der Waals surface area contributed by atoms with Crippen molar-refractivity contribution in [3.05, 3.63) is 17.7 Å². The van der Waals surface area contributed by atoms with Crippen LogP contribution >= 0.6 is 0 Å². The monoisotopic (exact) mass is 324 g/mol. The van der Waals surface area contributed by atoms with Gasteiger partial charge in [0.2, 0.25) is 5.91 Å². The number of carbonyl (C=O) groups excluding carboxylic acids is 1. The number of methoxy groups -OCH3 is 2. The Morgan fingerprint density at radius 3 is 2.35 bits per heavy atom. The highest BCUT2D eigenvalue weighted by Crippen LogP contribution is 2.33. The zero-order chi connectivity index (χ0) is 17.1. The predicted octanol–water partition coefficient (Wildman–Crippen LogP) is 2.24. The first-order chi connectivity index (χ1) is 11.2. The van der Waals surface area contributed by atoms with Crippen LogP contribution in [0.1, 0.15) is 38.2 Å². The quantitative estimate of drug-likeness (QED) is 0.610. The molecule has 23 heavy (non-hydrogen) atoms. The van der Waals surface area contributed by atoms with Crippen molar-refractivity contribution in [2.75, 3.05) is 27.4 Å². The Morgan fingerprint density at radius 1 is 1.17 bits per heavy atom. The van der Waals surface area contributed by atoms with Gasteiger partial charge in [0.1, 0.15) is 17.2 Å². The van der Waals surface area contributed by atoms with Gasteiger partial charge in [-0.25, -0.2) is 0 Å². The normalized spacial score (nSPS) is 10.3. The van der Waals surface area contributed by atoms with E-state index in [-0.39, 0.29) is 5.91 Å². The number of unbranched alkanes of at least 4 members (excludes halogenated alkanes) is 1. The number of nitrogens with two attached hydrogens (primary N) is 1. The Hall–Kier alpha value is -1.95. The summed E-state index contributed by atoms with van der Waals surface area (Å²) in [5.41, 5.74) is 6.53. The molecule has 6 nitrogen and oxygen atoms in total. The summed E-state index contributed by atoms with van der Waals surface area (Å²) in [5, 5.41) is 2.86. The van der Waals surface area contributed by atoms with Gasteiger partial charge in [-0.2, -0.15) is 0 Å². The molecule has 1 aromatic carbocycles. The fraction of sp³-hybridized carbons (Fsp3) is 0.588. The highest BCUT2D eigenvalue weighted by atomic mass is 16.5. The van der Waals surface area contributed by atoms with Crippen LogP contribution < -0.4 is 25.3 Å². The van der Waals surface area contributed by atoms with Gasteiger partial charge in [-0.1, -0.05) is 6.92 Å². The van der Waals surface area contributed by atoms with Crippen LogP contribution in [0.4, 0.5) is 0 Å². The average molecular weight is 324 g/mol. The van der Waals surface area contributed by atoms with E-state index >= 15 is 0 Å². The third-order valence-corrected chi connectivity index (χ3v) is 3.42. The maximum atomic E-state index is 11.5. The molecule has 1 rings (SSSR count). The van der Waals surface area contributed by atoms with Crippen molar-refractivity contribution >= 4 is 5.91 Å². The molecule has 0 spiro atoms. The Kier molecular flexibility index (Phi) is 8.90. The van der Waals surface area contributed by atoms with Gasteiger partial charge in [0, 0.05) is 37.2 Å². The molecule has 0 bridgehead atoms. The zero-order valence-electron chi connectivity index (χ0n) is 14.3. The fourth-order valence-electron chi connectivity index (χ4n) is 2.17. The second-order valence-corrected chi connectivity index (χ2v) is 5.17. The number of rotatable bonds is 11. The van der Waals surface area contributed by atoms with E-state index in [1.165, 1.54) is 0 Å². The number of hydrogen-bond acceptors (Lipinski definition) is 5. The van der Waals surface area contributed by atoms with E-state index in [2.05, 4.69) is 5.32 Å². The Balaban J connectivity index is 2.44. The van der Waals surface area contributed by atoms with Gasteiger partial charge in [-0.05, 0) is 19.3 Å². The summed E-state index contributed by atoms with van der Waals surface area (Å²) >= 11 is 0. The van der Waals surface area contributed by atoms with E-state index in [4.69, 9.17) is 19.9 Å². The molecule has 0 radical (unpaired) electrons. The Bertz CT molecular complexity index is 466. The number of carbonyl (C=O) groups is 1. The molecule has 6 heteroatoms. The molecule has 0 aliphatic carbocycles. The minimum Gasteiger partial charge on any atom is -0.496 e. The first-order valence-corrected chi connectivity index (χ1v) is 8.00. The average Bonchev–Trinajstić information content (AvgIpc) is 2.58. The van der Waals surface area contributed by atoms with E-state index < -0.39 is 0 Å². The van der Waals surface area contributed by atoms with Crippen molar-refractivity contribution in [2.45, 2.75) is 39.2 Å². The summed E-state index contributed by atoms with van der Waals surface area (Å²) in [6, 6.07) is 3.61. The summed E-state index contributed by atoms with van der Waals surface area (Å²) in [4.78, 5) is 11.5. The second-order valence-electron chi connectivity index (χ2n) is 5.17. The molecule has 0 aromatic heterocycles. The van der Waals surface area contributed by atoms with Crippen molar-refractivity contribution in [1.29, 1.82) is 0 Å². The van der Waals surface area contributed by atoms with Crippen molar-refractivity contribution in [3.8, 4) is 17.2 Å². The topological polar surface area (TPSA) is 82.8 Å². The highest BCUT2D eigenvalue weighted by molar-refractivity contribution is 5.75. The van der Waals surface area contributed by atoms with Crippen LogP contribution in [0.5, 0.6) is 17.2 Å². The lowest BCUT2D eigenvalue weighted by atomic mass is 10.1. The summed E-state index contributed by atoms with van der Waals surface area (Å²) < 4.78 is 16.4. The minimum atomic E-state index is 0.0995. The molecule has 130 valence electrons. The molecule has 0 heterocycles. The smallest absolute Gasteiger partial charge is 0.219 e. The molecular formula is C17H28N2O4. The van der Waals surface area contributed by atoms with Gasteiger partial charge in [0.15, 0.2) is 0 Å². The number of amides is 1. The van der Waals surface area contributed by atoms with Gasteiger partial charge >= 0.3 is 0 Å².